The number of aryl methyl sites for hydroxylation is 2. The van der Waals surface area contributed by atoms with Gasteiger partial charge in [-0.2, -0.15) is 0 Å². The first-order valence-corrected chi connectivity index (χ1v) is 6.22. The van der Waals surface area contributed by atoms with Crippen molar-refractivity contribution in [2.45, 2.75) is 13.8 Å². The van der Waals surface area contributed by atoms with Crippen molar-refractivity contribution in [1.82, 2.24) is 0 Å². The average Bonchev–Trinajstić information content (AvgIpc) is 2.39. The van der Waals surface area contributed by atoms with Crippen LogP contribution in [0.5, 0.6) is 0 Å². The molecule has 2 aromatic rings. The molecule has 0 aliphatic heterocycles. The molecule has 0 aliphatic rings. The van der Waals surface area contributed by atoms with Crippen molar-refractivity contribution in [3.63, 3.8) is 0 Å². The Balaban J connectivity index is 1.98. The van der Waals surface area contributed by atoms with Gasteiger partial charge in [-0.3, -0.25) is 0 Å². The summed E-state index contributed by atoms with van der Waals surface area (Å²) in [7, 11) is 0. The van der Waals surface area contributed by atoms with Gasteiger partial charge in [0.25, 0.3) is 0 Å². The van der Waals surface area contributed by atoms with Crippen LogP contribution in [0, 0.1) is 13.8 Å². The quantitative estimate of drug-likeness (QED) is 0.653. The van der Waals surface area contributed by atoms with Crippen LogP contribution in [-0.2, 0) is 0 Å². The van der Waals surface area contributed by atoms with Crippen LogP contribution in [0.3, 0.4) is 0 Å². The Morgan fingerprint density at radius 3 is 1.22 bits per heavy atom. The molecular weight excluding hydrogens is 216 g/mol. The maximum Gasteiger partial charge on any atom is -0.0256 e. The molecule has 0 saturated carbocycles. The molecule has 0 fully saturated rings. The zero-order chi connectivity index (χ0) is 12.8. The van der Waals surface area contributed by atoms with E-state index in [-0.39, 0.29) is 0 Å². The molecule has 0 aliphatic carbocycles. The van der Waals surface area contributed by atoms with E-state index in [9.17, 15) is 0 Å². The first-order chi connectivity index (χ1) is 8.74. The summed E-state index contributed by atoms with van der Waals surface area (Å²) < 4.78 is 0. The van der Waals surface area contributed by atoms with Crippen molar-refractivity contribution < 1.29 is 0 Å². The molecule has 0 nitrogen and oxygen atoms in total. The number of hydrogen-bond donors (Lipinski definition) is 0. The Morgan fingerprint density at radius 1 is 0.556 bits per heavy atom. The number of rotatable bonds is 3. The number of allylic oxidation sites excluding steroid dienone is 2. The molecule has 0 N–H and O–H groups in total. The molecule has 0 bridgehead atoms. The molecule has 18 heavy (non-hydrogen) atoms. The summed E-state index contributed by atoms with van der Waals surface area (Å²) in [5.74, 6) is 0. The minimum atomic E-state index is 1.23. The van der Waals surface area contributed by atoms with E-state index in [0.717, 1.165) is 0 Å². The minimum absolute atomic E-state index is 1.23. The lowest BCUT2D eigenvalue weighted by molar-refractivity contribution is 1.46. The highest BCUT2D eigenvalue weighted by Gasteiger charge is 1.86. The van der Waals surface area contributed by atoms with Crippen molar-refractivity contribution in [1.29, 1.82) is 0 Å². The van der Waals surface area contributed by atoms with Crippen LogP contribution >= 0.6 is 0 Å². The Labute approximate surface area is 109 Å². The second-order valence-electron chi connectivity index (χ2n) is 4.54. The van der Waals surface area contributed by atoms with Gasteiger partial charge in [-0.25, -0.2) is 0 Å². The number of benzene rings is 2. The molecule has 0 heteroatoms. The average molecular weight is 234 g/mol. The Hall–Kier alpha value is -2.08. The normalized spacial score (nSPS) is 11.4. The van der Waals surface area contributed by atoms with Crippen LogP contribution in [0.4, 0.5) is 0 Å². The van der Waals surface area contributed by atoms with E-state index >= 15 is 0 Å². The zero-order valence-corrected chi connectivity index (χ0v) is 10.9. The Bertz CT molecular complexity index is 486. The van der Waals surface area contributed by atoms with Crippen LogP contribution in [0.15, 0.2) is 60.7 Å². The molecule has 0 heterocycles. The van der Waals surface area contributed by atoms with E-state index in [4.69, 9.17) is 0 Å². The molecule has 0 atom stereocenters. The standard InChI is InChI=1S/C18H18/c1-15-7-11-17(12-8-15)5-3-4-6-18-13-9-16(2)10-14-18/h3-14H,1-2H3/b5-3-,6-4+. The summed E-state index contributed by atoms with van der Waals surface area (Å²) in [6.45, 7) is 4.20. The van der Waals surface area contributed by atoms with Crippen molar-refractivity contribution in [2.75, 3.05) is 0 Å². The van der Waals surface area contributed by atoms with Gasteiger partial charge in [0.05, 0.1) is 0 Å². The van der Waals surface area contributed by atoms with E-state index < -0.39 is 0 Å². The predicted molar refractivity (Wildman–Crippen MR) is 80.4 cm³/mol. The second-order valence-corrected chi connectivity index (χ2v) is 4.54. The Morgan fingerprint density at radius 2 is 0.889 bits per heavy atom. The third kappa shape index (κ3) is 3.74. The minimum Gasteiger partial charge on any atom is -0.0617 e. The maximum atomic E-state index is 2.13. The van der Waals surface area contributed by atoms with E-state index in [0.29, 0.717) is 0 Å². The molecule has 0 aromatic heterocycles. The van der Waals surface area contributed by atoms with Crippen LogP contribution in [0.1, 0.15) is 22.3 Å². The lowest BCUT2D eigenvalue weighted by Gasteiger charge is -1.94. The molecule has 2 rings (SSSR count). The highest BCUT2D eigenvalue weighted by Crippen LogP contribution is 2.07. The van der Waals surface area contributed by atoms with Gasteiger partial charge in [0.1, 0.15) is 0 Å². The van der Waals surface area contributed by atoms with Gasteiger partial charge in [0, 0.05) is 0 Å². The van der Waals surface area contributed by atoms with Crippen molar-refractivity contribution in [3.05, 3.63) is 82.9 Å². The monoisotopic (exact) mass is 234 g/mol. The Kier molecular flexibility index (Phi) is 4.14. The van der Waals surface area contributed by atoms with Gasteiger partial charge in [-0.15, -0.1) is 0 Å². The molecule has 0 amide bonds. The lowest BCUT2D eigenvalue weighted by atomic mass is 10.1. The molecule has 0 spiro atoms. The third-order valence-corrected chi connectivity index (χ3v) is 2.84. The van der Waals surface area contributed by atoms with Gasteiger partial charge in [0.2, 0.25) is 0 Å². The zero-order valence-electron chi connectivity index (χ0n) is 10.9. The number of hydrogen-bond acceptors (Lipinski definition) is 0. The van der Waals surface area contributed by atoms with Crippen LogP contribution in [-0.4, -0.2) is 0 Å². The van der Waals surface area contributed by atoms with Crippen molar-refractivity contribution in [3.8, 4) is 0 Å². The van der Waals surface area contributed by atoms with E-state index in [1.54, 1.807) is 0 Å². The van der Waals surface area contributed by atoms with E-state index in [2.05, 4.69) is 86.7 Å². The molecule has 0 unspecified atom stereocenters. The fraction of sp³-hybridized carbons (Fsp3) is 0.111. The summed E-state index contributed by atoms with van der Waals surface area (Å²) in [6.07, 6.45) is 8.38. The predicted octanol–water partition coefficient (Wildman–Crippen LogP) is 5.03. The summed E-state index contributed by atoms with van der Waals surface area (Å²) in [6, 6.07) is 17.0. The highest BCUT2D eigenvalue weighted by molar-refractivity contribution is 5.57. The topological polar surface area (TPSA) is 0 Å². The molecular formula is C18H18. The van der Waals surface area contributed by atoms with Crippen molar-refractivity contribution >= 4 is 12.2 Å². The summed E-state index contributed by atoms with van der Waals surface area (Å²) in [5.41, 5.74) is 5.05. The van der Waals surface area contributed by atoms with Gasteiger partial charge < -0.3 is 0 Å². The first kappa shape index (κ1) is 12.4. The first-order valence-electron chi connectivity index (χ1n) is 6.22. The highest BCUT2D eigenvalue weighted by atomic mass is 13.9. The SMILES string of the molecule is Cc1ccc(/C=C\C=C\c2ccc(C)cc2)cc1. The fourth-order valence-corrected chi connectivity index (χ4v) is 1.69. The van der Waals surface area contributed by atoms with E-state index in [1.807, 2.05) is 0 Å². The van der Waals surface area contributed by atoms with E-state index in [1.165, 1.54) is 22.3 Å². The van der Waals surface area contributed by atoms with Crippen LogP contribution in [0.2, 0.25) is 0 Å². The third-order valence-electron chi connectivity index (χ3n) is 2.84. The summed E-state index contributed by atoms with van der Waals surface area (Å²) in [5, 5.41) is 0. The van der Waals surface area contributed by atoms with Crippen molar-refractivity contribution in [2.24, 2.45) is 0 Å². The summed E-state index contributed by atoms with van der Waals surface area (Å²) in [4.78, 5) is 0. The van der Waals surface area contributed by atoms with Gasteiger partial charge in [0.15, 0.2) is 0 Å². The van der Waals surface area contributed by atoms with Gasteiger partial charge >= 0.3 is 0 Å². The van der Waals surface area contributed by atoms with Gasteiger partial charge in [-0.1, -0.05) is 84.0 Å². The molecule has 90 valence electrons. The second kappa shape index (κ2) is 6.02. The molecule has 0 saturated heterocycles. The smallest absolute Gasteiger partial charge is 0.0256 e. The van der Waals surface area contributed by atoms with Gasteiger partial charge in [-0.05, 0) is 25.0 Å². The molecule has 2 aromatic carbocycles. The molecule has 0 radical (unpaired) electrons. The largest absolute Gasteiger partial charge is 0.0617 e. The van der Waals surface area contributed by atoms with Crippen LogP contribution in [0.25, 0.3) is 12.2 Å². The maximum absolute atomic E-state index is 2.13. The lowest BCUT2D eigenvalue weighted by Crippen LogP contribution is -1.73. The van der Waals surface area contributed by atoms with Crippen LogP contribution < -0.4 is 0 Å². The fourth-order valence-electron chi connectivity index (χ4n) is 1.69. The summed E-state index contributed by atoms with van der Waals surface area (Å²) >= 11 is 0.